The number of ketones is 1. The number of halogens is 2. The summed E-state index contributed by atoms with van der Waals surface area (Å²) in [5, 5.41) is 0. The summed E-state index contributed by atoms with van der Waals surface area (Å²) < 4.78 is 28.8. The lowest BCUT2D eigenvalue weighted by Gasteiger charge is -2.13. The van der Waals surface area contributed by atoms with Gasteiger partial charge in [-0.1, -0.05) is 13.0 Å². The molecule has 0 amide bonds. The Bertz CT molecular complexity index is 400. The summed E-state index contributed by atoms with van der Waals surface area (Å²) in [5.41, 5.74) is 1.78. The Morgan fingerprint density at radius 1 is 1.44 bits per heavy atom. The van der Waals surface area contributed by atoms with Crippen molar-refractivity contribution in [3.05, 3.63) is 28.8 Å². The minimum Gasteiger partial charge on any atom is -0.434 e. The summed E-state index contributed by atoms with van der Waals surface area (Å²) >= 11 is 0. The number of hydrogen-bond acceptors (Lipinski definition) is 2. The van der Waals surface area contributed by atoms with Crippen molar-refractivity contribution in [3.63, 3.8) is 0 Å². The summed E-state index contributed by atoms with van der Waals surface area (Å²) in [6.07, 6.45) is 0.707. The van der Waals surface area contributed by atoms with Crippen molar-refractivity contribution in [2.45, 2.75) is 33.8 Å². The summed E-state index contributed by atoms with van der Waals surface area (Å²) in [4.78, 5) is 11.3. The molecule has 0 aliphatic heterocycles. The van der Waals surface area contributed by atoms with Gasteiger partial charge in [0.15, 0.2) is 5.78 Å². The average Bonchev–Trinajstić information content (AvgIpc) is 2.14. The van der Waals surface area contributed by atoms with Crippen LogP contribution in [-0.2, 0) is 6.42 Å². The monoisotopic (exact) mass is 228 g/mol. The molecule has 0 bridgehead atoms. The summed E-state index contributed by atoms with van der Waals surface area (Å²) in [6.45, 7) is 2.05. The first-order valence-electron chi connectivity index (χ1n) is 5.05. The van der Waals surface area contributed by atoms with Gasteiger partial charge in [0, 0.05) is 0 Å². The quantitative estimate of drug-likeness (QED) is 0.738. The van der Waals surface area contributed by atoms with Gasteiger partial charge < -0.3 is 4.74 Å². The molecule has 1 rings (SSSR count). The summed E-state index contributed by atoms with van der Waals surface area (Å²) in [7, 11) is 0. The molecule has 0 N–H and O–H groups in total. The molecule has 0 saturated heterocycles. The number of carbonyl (C=O) groups is 1. The van der Waals surface area contributed by atoms with E-state index in [0.717, 1.165) is 5.56 Å². The molecule has 0 aliphatic carbocycles. The lowest BCUT2D eigenvalue weighted by molar-refractivity contribution is -0.0501. The van der Waals surface area contributed by atoms with Gasteiger partial charge in [0.2, 0.25) is 0 Å². The van der Waals surface area contributed by atoms with Crippen LogP contribution in [0.25, 0.3) is 0 Å². The Kier molecular flexibility index (Phi) is 3.99. The first-order valence-corrected chi connectivity index (χ1v) is 5.05. The fourth-order valence-corrected chi connectivity index (χ4v) is 1.67. The highest BCUT2D eigenvalue weighted by Crippen LogP contribution is 2.26. The molecular formula is C12H14F2O2. The van der Waals surface area contributed by atoms with E-state index in [2.05, 4.69) is 4.74 Å². The molecule has 0 radical (unpaired) electrons. The fraction of sp³-hybridized carbons (Fsp3) is 0.417. The van der Waals surface area contributed by atoms with Crippen LogP contribution in [0.2, 0.25) is 0 Å². The molecule has 0 heterocycles. The number of aryl methyl sites for hydroxylation is 2. The van der Waals surface area contributed by atoms with Gasteiger partial charge in [-0.2, -0.15) is 8.78 Å². The number of Topliss-reactive ketones (excluding diaryl/α,β-unsaturated/α-hetero) is 1. The van der Waals surface area contributed by atoms with Gasteiger partial charge in [-0.25, -0.2) is 0 Å². The van der Waals surface area contributed by atoms with E-state index < -0.39 is 6.61 Å². The molecule has 0 unspecified atom stereocenters. The number of carbonyl (C=O) groups excluding carboxylic acids is 1. The molecule has 2 nitrogen and oxygen atoms in total. The maximum Gasteiger partial charge on any atom is 0.387 e. The van der Waals surface area contributed by atoms with Crippen molar-refractivity contribution in [3.8, 4) is 5.75 Å². The predicted molar refractivity (Wildman–Crippen MR) is 57.2 cm³/mol. The Labute approximate surface area is 93.2 Å². The second-order valence-corrected chi connectivity index (χ2v) is 3.57. The Balaban J connectivity index is 3.28. The second-order valence-electron chi connectivity index (χ2n) is 3.57. The van der Waals surface area contributed by atoms with Crippen molar-refractivity contribution in [2.24, 2.45) is 0 Å². The largest absolute Gasteiger partial charge is 0.434 e. The molecule has 16 heavy (non-hydrogen) atoms. The zero-order valence-electron chi connectivity index (χ0n) is 9.51. The molecule has 1 aromatic rings. The summed E-state index contributed by atoms with van der Waals surface area (Å²) in [5.74, 6) is -0.296. The highest BCUT2D eigenvalue weighted by molar-refractivity contribution is 5.98. The molecule has 0 spiro atoms. The van der Waals surface area contributed by atoms with Crippen LogP contribution in [0.5, 0.6) is 5.75 Å². The number of rotatable bonds is 4. The van der Waals surface area contributed by atoms with E-state index in [1.54, 1.807) is 6.92 Å². The fourth-order valence-electron chi connectivity index (χ4n) is 1.67. The average molecular weight is 228 g/mol. The van der Waals surface area contributed by atoms with Crippen molar-refractivity contribution < 1.29 is 18.3 Å². The predicted octanol–water partition coefficient (Wildman–Crippen LogP) is 3.36. The SMILES string of the molecule is CCc1cc(C)c(C(C)=O)c(OC(F)F)c1. The van der Waals surface area contributed by atoms with Gasteiger partial charge in [0.1, 0.15) is 5.75 Å². The van der Waals surface area contributed by atoms with Crippen molar-refractivity contribution in [2.75, 3.05) is 0 Å². The first-order chi connectivity index (χ1) is 7.45. The van der Waals surface area contributed by atoms with Crippen molar-refractivity contribution in [1.82, 2.24) is 0 Å². The maximum atomic E-state index is 12.2. The van der Waals surface area contributed by atoms with E-state index in [-0.39, 0.29) is 17.1 Å². The normalized spacial score (nSPS) is 10.6. The van der Waals surface area contributed by atoms with E-state index in [0.29, 0.717) is 12.0 Å². The molecule has 4 heteroatoms. The van der Waals surface area contributed by atoms with Gasteiger partial charge in [-0.15, -0.1) is 0 Å². The number of hydrogen-bond donors (Lipinski definition) is 0. The van der Waals surface area contributed by atoms with E-state index >= 15 is 0 Å². The third-order valence-electron chi connectivity index (χ3n) is 2.34. The van der Waals surface area contributed by atoms with Crippen LogP contribution < -0.4 is 4.74 Å². The highest BCUT2D eigenvalue weighted by Gasteiger charge is 2.16. The number of benzene rings is 1. The van der Waals surface area contributed by atoms with E-state index in [9.17, 15) is 13.6 Å². The van der Waals surface area contributed by atoms with E-state index in [1.807, 2.05) is 13.0 Å². The minimum atomic E-state index is -2.91. The maximum absolute atomic E-state index is 12.2. The molecule has 0 aliphatic rings. The number of alkyl halides is 2. The van der Waals surface area contributed by atoms with Gasteiger partial charge in [-0.3, -0.25) is 4.79 Å². The second kappa shape index (κ2) is 5.05. The Morgan fingerprint density at radius 2 is 2.06 bits per heavy atom. The van der Waals surface area contributed by atoms with Crippen molar-refractivity contribution >= 4 is 5.78 Å². The molecule has 1 aromatic carbocycles. The van der Waals surface area contributed by atoms with Crippen LogP contribution in [0.4, 0.5) is 8.78 Å². The standard InChI is InChI=1S/C12H14F2O2/c1-4-9-5-7(2)11(8(3)15)10(6-9)16-12(13)14/h5-6,12H,4H2,1-3H3. The van der Waals surface area contributed by atoms with Crippen LogP contribution in [0.15, 0.2) is 12.1 Å². The molecule has 0 aromatic heterocycles. The third-order valence-corrected chi connectivity index (χ3v) is 2.34. The highest BCUT2D eigenvalue weighted by atomic mass is 19.3. The van der Waals surface area contributed by atoms with Crippen LogP contribution in [-0.4, -0.2) is 12.4 Å². The smallest absolute Gasteiger partial charge is 0.387 e. The van der Waals surface area contributed by atoms with Crippen LogP contribution in [0.1, 0.15) is 35.3 Å². The van der Waals surface area contributed by atoms with Crippen LogP contribution >= 0.6 is 0 Å². The molecule has 0 saturated carbocycles. The van der Waals surface area contributed by atoms with E-state index in [4.69, 9.17) is 0 Å². The lowest BCUT2D eigenvalue weighted by Crippen LogP contribution is -2.08. The Hall–Kier alpha value is -1.45. The topological polar surface area (TPSA) is 26.3 Å². The first kappa shape index (κ1) is 12.6. The Morgan fingerprint density at radius 3 is 2.50 bits per heavy atom. The summed E-state index contributed by atoms with van der Waals surface area (Å²) in [6, 6.07) is 3.31. The molecule has 0 fully saturated rings. The van der Waals surface area contributed by atoms with Gasteiger partial charge in [0.05, 0.1) is 5.56 Å². The number of ether oxygens (including phenoxy) is 1. The molecular weight excluding hydrogens is 214 g/mol. The third kappa shape index (κ3) is 2.78. The molecule has 88 valence electrons. The van der Waals surface area contributed by atoms with Gasteiger partial charge >= 0.3 is 6.61 Å². The zero-order valence-corrected chi connectivity index (χ0v) is 9.51. The minimum absolute atomic E-state index is 0.0284. The van der Waals surface area contributed by atoms with Crippen LogP contribution in [0, 0.1) is 6.92 Å². The molecule has 0 atom stereocenters. The van der Waals surface area contributed by atoms with Gasteiger partial charge in [0.25, 0.3) is 0 Å². The van der Waals surface area contributed by atoms with Gasteiger partial charge in [-0.05, 0) is 37.5 Å². The zero-order chi connectivity index (χ0) is 12.3. The van der Waals surface area contributed by atoms with Crippen molar-refractivity contribution in [1.29, 1.82) is 0 Å². The van der Waals surface area contributed by atoms with Crippen LogP contribution in [0.3, 0.4) is 0 Å². The van der Waals surface area contributed by atoms with E-state index in [1.165, 1.54) is 13.0 Å². The lowest BCUT2D eigenvalue weighted by atomic mass is 10.00.